The Morgan fingerprint density at radius 3 is 2.79 bits per heavy atom. The summed E-state index contributed by atoms with van der Waals surface area (Å²) >= 11 is 0. The van der Waals surface area contributed by atoms with Crippen LogP contribution in [0, 0.1) is 5.92 Å². The first-order valence-electron chi connectivity index (χ1n) is 7.84. The molecule has 2 rings (SSSR count). The second-order valence-corrected chi connectivity index (χ2v) is 6.10. The number of rotatable bonds is 9. The normalized spacial score (nSPS) is 30.7. The van der Waals surface area contributed by atoms with Crippen molar-refractivity contribution in [3.05, 3.63) is 0 Å². The van der Waals surface area contributed by atoms with E-state index in [9.17, 15) is 4.79 Å². The van der Waals surface area contributed by atoms with E-state index in [1.54, 1.807) is 0 Å². The molecule has 0 bridgehead atoms. The predicted molar refractivity (Wildman–Crippen MR) is 75.8 cm³/mol. The maximum atomic E-state index is 12.0. The molecule has 4 heteroatoms. The molecule has 0 saturated heterocycles. The molecule has 0 aromatic heterocycles. The number of hydrogen-bond acceptors (Lipinski definition) is 3. The third kappa shape index (κ3) is 3.69. The summed E-state index contributed by atoms with van der Waals surface area (Å²) in [5, 5.41) is 3.54. The van der Waals surface area contributed by atoms with Gasteiger partial charge in [0.2, 0.25) is 5.91 Å². The molecule has 2 atom stereocenters. The molecule has 19 heavy (non-hydrogen) atoms. The number of nitrogens with one attached hydrogen (secondary N) is 1. The molecule has 1 amide bonds. The molecule has 3 N–H and O–H groups in total. The minimum Gasteiger partial charge on any atom is -0.381 e. The lowest BCUT2D eigenvalue weighted by atomic mass is 9.84. The van der Waals surface area contributed by atoms with Gasteiger partial charge >= 0.3 is 0 Å². The topological polar surface area (TPSA) is 64.3 Å². The van der Waals surface area contributed by atoms with Gasteiger partial charge < -0.3 is 15.8 Å². The van der Waals surface area contributed by atoms with Crippen LogP contribution in [-0.2, 0) is 9.53 Å². The molecule has 110 valence electrons. The highest BCUT2D eigenvalue weighted by atomic mass is 16.5. The van der Waals surface area contributed by atoms with Crippen LogP contribution < -0.4 is 11.1 Å². The van der Waals surface area contributed by atoms with Crippen LogP contribution >= 0.6 is 0 Å². The van der Waals surface area contributed by atoms with Crippen molar-refractivity contribution in [1.82, 2.24) is 5.32 Å². The van der Waals surface area contributed by atoms with Crippen molar-refractivity contribution in [2.45, 2.75) is 69.9 Å². The Balaban J connectivity index is 1.84. The van der Waals surface area contributed by atoms with Gasteiger partial charge in [-0.15, -0.1) is 0 Å². The number of carbonyl (C=O) groups excluding carboxylic acids is 1. The van der Waals surface area contributed by atoms with Crippen molar-refractivity contribution in [2.75, 3.05) is 13.2 Å². The Bertz CT molecular complexity index is 305. The van der Waals surface area contributed by atoms with Crippen LogP contribution in [0.15, 0.2) is 0 Å². The number of nitrogens with two attached hydrogens (primary N) is 1. The fourth-order valence-corrected chi connectivity index (χ4v) is 3.22. The molecule has 2 saturated carbocycles. The minimum absolute atomic E-state index is 0.157. The summed E-state index contributed by atoms with van der Waals surface area (Å²) in [7, 11) is 0. The molecule has 0 aromatic rings. The van der Waals surface area contributed by atoms with E-state index >= 15 is 0 Å². The van der Waals surface area contributed by atoms with Gasteiger partial charge in [-0.05, 0) is 44.4 Å². The summed E-state index contributed by atoms with van der Waals surface area (Å²) in [5.41, 5.74) is 5.26. The molecular formula is C15H28N2O2. The highest BCUT2D eigenvalue weighted by molar-refractivity contribution is 5.85. The van der Waals surface area contributed by atoms with Crippen LogP contribution in [0.2, 0.25) is 0 Å². The van der Waals surface area contributed by atoms with E-state index in [4.69, 9.17) is 10.5 Å². The monoisotopic (exact) mass is 268 g/mol. The third-order valence-corrected chi connectivity index (χ3v) is 4.55. The molecule has 0 spiro atoms. The molecule has 2 unspecified atom stereocenters. The molecule has 2 aliphatic carbocycles. The number of ether oxygens (including phenoxy) is 1. The highest BCUT2D eigenvalue weighted by Crippen LogP contribution is 2.40. The van der Waals surface area contributed by atoms with Gasteiger partial charge in [0.1, 0.15) is 5.54 Å². The van der Waals surface area contributed by atoms with E-state index in [1.165, 1.54) is 12.8 Å². The van der Waals surface area contributed by atoms with Crippen LogP contribution in [-0.4, -0.2) is 30.7 Å². The first-order chi connectivity index (χ1) is 9.19. The van der Waals surface area contributed by atoms with Gasteiger partial charge in [0.25, 0.3) is 0 Å². The predicted octanol–water partition coefficient (Wildman–Crippen LogP) is 1.97. The maximum absolute atomic E-state index is 12.0. The van der Waals surface area contributed by atoms with Crippen LogP contribution in [0.1, 0.15) is 58.3 Å². The van der Waals surface area contributed by atoms with Gasteiger partial charge in [-0.25, -0.2) is 0 Å². The molecule has 0 heterocycles. The van der Waals surface area contributed by atoms with Crippen molar-refractivity contribution in [1.29, 1.82) is 0 Å². The Labute approximate surface area is 116 Å². The number of unbranched alkanes of at least 4 members (excludes halogenated alkanes) is 1. The fraction of sp³-hybridized carbons (Fsp3) is 0.933. The van der Waals surface area contributed by atoms with E-state index in [1.807, 2.05) is 0 Å². The average Bonchev–Trinajstić information content (AvgIpc) is 3.09. The van der Waals surface area contributed by atoms with E-state index in [0.717, 1.165) is 51.7 Å². The molecule has 0 aliphatic heterocycles. The molecular weight excluding hydrogens is 240 g/mol. The third-order valence-electron chi connectivity index (χ3n) is 4.55. The first kappa shape index (κ1) is 14.8. The molecule has 0 aromatic carbocycles. The van der Waals surface area contributed by atoms with E-state index in [0.29, 0.717) is 12.0 Å². The summed E-state index contributed by atoms with van der Waals surface area (Å²) < 4.78 is 5.65. The first-order valence-corrected chi connectivity index (χ1v) is 7.84. The smallest absolute Gasteiger partial charge is 0.238 e. The van der Waals surface area contributed by atoms with Crippen molar-refractivity contribution in [3.63, 3.8) is 0 Å². The maximum Gasteiger partial charge on any atom is 0.238 e. The van der Waals surface area contributed by atoms with Crippen LogP contribution in [0.4, 0.5) is 0 Å². The molecule has 2 fully saturated rings. The summed E-state index contributed by atoms with van der Waals surface area (Å²) in [6, 6.07) is 0.522. The van der Waals surface area contributed by atoms with Crippen molar-refractivity contribution in [3.8, 4) is 0 Å². The quantitative estimate of drug-likeness (QED) is 0.628. The molecule has 4 nitrogen and oxygen atoms in total. The summed E-state index contributed by atoms with van der Waals surface area (Å²) in [6.45, 7) is 3.76. The van der Waals surface area contributed by atoms with Gasteiger partial charge in [0.05, 0.1) is 0 Å². The van der Waals surface area contributed by atoms with Crippen LogP contribution in [0.5, 0.6) is 0 Å². The van der Waals surface area contributed by atoms with Crippen LogP contribution in [0.3, 0.4) is 0 Å². The summed E-state index contributed by atoms with van der Waals surface area (Å²) in [4.78, 5) is 12.0. The molecule has 0 radical (unpaired) electrons. The fourth-order valence-electron chi connectivity index (χ4n) is 3.22. The van der Waals surface area contributed by atoms with Gasteiger partial charge in [-0.3, -0.25) is 4.79 Å². The van der Waals surface area contributed by atoms with E-state index in [-0.39, 0.29) is 5.91 Å². The number of hydrogen-bond donors (Lipinski definition) is 2. The highest BCUT2D eigenvalue weighted by Gasteiger charge is 2.49. The lowest BCUT2D eigenvalue weighted by Crippen LogP contribution is -2.58. The van der Waals surface area contributed by atoms with Gasteiger partial charge in [-0.2, -0.15) is 0 Å². The zero-order valence-electron chi connectivity index (χ0n) is 12.1. The van der Waals surface area contributed by atoms with E-state index in [2.05, 4.69) is 12.2 Å². The van der Waals surface area contributed by atoms with Gasteiger partial charge in [0, 0.05) is 19.3 Å². The standard InChI is InChI=1S/C15H28N2O2/c1-2-3-10-19-11-8-12-5-4-9-15(12,14(16)18)17-13-6-7-13/h12-13,17H,2-11H2,1H3,(H2,16,18). The van der Waals surface area contributed by atoms with E-state index < -0.39 is 5.54 Å². The molecule has 2 aliphatic rings. The average molecular weight is 268 g/mol. The SMILES string of the molecule is CCCCOCCC1CCCC1(NC1CC1)C(N)=O. The van der Waals surface area contributed by atoms with Crippen molar-refractivity contribution < 1.29 is 9.53 Å². The lowest BCUT2D eigenvalue weighted by molar-refractivity contribution is -0.126. The van der Waals surface area contributed by atoms with Gasteiger partial charge in [0.15, 0.2) is 0 Å². The van der Waals surface area contributed by atoms with Gasteiger partial charge in [-0.1, -0.05) is 19.8 Å². The van der Waals surface area contributed by atoms with Crippen LogP contribution in [0.25, 0.3) is 0 Å². The van der Waals surface area contributed by atoms with Crippen molar-refractivity contribution in [2.24, 2.45) is 11.7 Å². The summed E-state index contributed by atoms with van der Waals surface area (Å²) in [5.74, 6) is 0.197. The summed E-state index contributed by atoms with van der Waals surface area (Å²) in [6.07, 6.45) is 8.71. The number of carbonyl (C=O) groups is 1. The second-order valence-electron chi connectivity index (χ2n) is 6.10. The Morgan fingerprint density at radius 1 is 1.37 bits per heavy atom. The minimum atomic E-state index is -0.449. The number of amides is 1. The Hall–Kier alpha value is -0.610. The number of primary amides is 1. The Kier molecular flexibility index (Phi) is 5.22. The second kappa shape index (κ2) is 6.71. The largest absolute Gasteiger partial charge is 0.381 e. The lowest BCUT2D eigenvalue weighted by Gasteiger charge is -2.34. The zero-order chi connectivity index (χ0) is 13.7. The zero-order valence-corrected chi connectivity index (χ0v) is 12.1. The van der Waals surface area contributed by atoms with Crippen molar-refractivity contribution >= 4 is 5.91 Å². The Morgan fingerprint density at radius 2 is 2.16 bits per heavy atom.